The van der Waals surface area contributed by atoms with Crippen molar-refractivity contribution in [2.45, 2.75) is 25.8 Å². The van der Waals surface area contributed by atoms with Crippen LogP contribution >= 0.6 is 11.6 Å². The number of aryl methyl sites for hydroxylation is 1. The number of hydrogen-bond acceptors (Lipinski definition) is 3. The molecule has 1 fully saturated rings. The van der Waals surface area contributed by atoms with Crippen molar-refractivity contribution in [2.75, 3.05) is 10.6 Å². The monoisotopic (exact) mass is 301 g/mol. The molecule has 1 aromatic heterocycles. The number of hydrogen-bond donors (Lipinski definition) is 2. The number of carbonyl (C=O) groups is 1. The van der Waals surface area contributed by atoms with Gasteiger partial charge >= 0.3 is 0 Å². The normalized spacial score (nSPS) is 13.8. The predicted molar refractivity (Wildman–Crippen MR) is 85.0 cm³/mol. The molecule has 1 heterocycles. The van der Waals surface area contributed by atoms with E-state index in [1.165, 1.54) is 12.8 Å². The molecule has 0 aliphatic heterocycles. The number of carbonyl (C=O) groups excluding carboxylic acids is 1. The summed E-state index contributed by atoms with van der Waals surface area (Å²) in [7, 11) is 0. The van der Waals surface area contributed by atoms with Crippen LogP contribution in [-0.2, 0) is 0 Å². The van der Waals surface area contributed by atoms with Gasteiger partial charge in [0.2, 0.25) is 0 Å². The zero-order chi connectivity index (χ0) is 14.8. The minimum absolute atomic E-state index is 0.236. The van der Waals surface area contributed by atoms with Crippen molar-refractivity contribution in [2.24, 2.45) is 0 Å². The Kier molecular flexibility index (Phi) is 3.80. The summed E-state index contributed by atoms with van der Waals surface area (Å²) < 4.78 is 0. The Morgan fingerprint density at radius 3 is 2.86 bits per heavy atom. The third-order valence-electron chi connectivity index (χ3n) is 3.36. The quantitative estimate of drug-likeness (QED) is 0.901. The summed E-state index contributed by atoms with van der Waals surface area (Å²) in [6.07, 6.45) is 2.33. The average Bonchev–Trinajstić information content (AvgIpc) is 3.27. The van der Waals surface area contributed by atoms with E-state index in [1.54, 1.807) is 18.2 Å². The molecular formula is C16H16ClN3O. The van der Waals surface area contributed by atoms with Crippen LogP contribution < -0.4 is 10.6 Å². The summed E-state index contributed by atoms with van der Waals surface area (Å²) in [4.78, 5) is 16.6. The Labute approximate surface area is 128 Å². The fraction of sp³-hybridized carbons (Fsp3) is 0.250. The van der Waals surface area contributed by atoms with Gasteiger partial charge < -0.3 is 10.6 Å². The molecule has 1 aliphatic carbocycles. The number of nitrogens with one attached hydrogen (secondary N) is 2. The minimum atomic E-state index is -0.236. The Balaban J connectivity index is 1.76. The third kappa shape index (κ3) is 3.52. The fourth-order valence-electron chi connectivity index (χ4n) is 1.99. The maximum absolute atomic E-state index is 12.3. The van der Waals surface area contributed by atoms with E-state index >= 15 is 0 Å². The van der Waals surface area contributed by atoms with Crippen LogP contribution in [0.5, 0.6) is 0 Å². The highest BCUT2D eigenvalue weighted by atomic mass is 35.5. The van der Waals surface area contributed by atoms with E-state index < -0.39 is 0 Å². The molecule has 2 N–H and O–H groups in total. The van der Waals surface area contributed by atoms with E-state index in [9.17, 15) is 4.79 Å². The lowest BCUT2D eigenvalue weighted by Gasteiger charge is -2.09. The van der Waals surface area contributed by atoms with E-state index in [0.717, 1.165) is 11.4 Å². The number of nitrogens with zero attached hydrogens (tertiary/aromatic N) is 1. The fourth-order valence-corrected chi connectivity index (χ4v) is 2.17. The van der Waals surface area contributed by atoms with E-state index in [4.69, 9.17) is 11.6 Å². The predicted octanol–water partition coefficient (Wildman–Crippen LogP) is 3.87. The molecule has 1 amide bonds. The molecule has 2 aromatic rings. The molecule has 0 unspecified atom stereocenters. The molecule has 4 nitrogen and oxygen atoms in total. The molecule has 3 rings (SSSR count). The molecule has 108 valence electrons. The number of halogens is 1. The third-order valence-corrected chi connectivity index (χ3v) is 3.59. The van der Waals surface area contributed by atoms with Crippen molar-refractivity contribution in [3.63, 3.8) is 0 Å². The number of aromatic nitrogens is 1. The van der Waals surface area contributed by atoms with Gasteiger partial charge in [0.15, 0.2) is 0 Å². The lowest BCUT2D eigenvalue weighted by molar-refractivity contribution is 0.102. The highest BCUT2D eigenvalue weighted by Gasteiger charge is 2.21. The van der Waals surface area contributed by atoms with Crippen molar-refractivity contribution in [3.05, 3.63) is 52.7 Å². The first-order valence-corrected chi connectivity index (χ1v) is 7.31. The molecule has 0 saturated heterocycles. The number of anilines is 2. The van der Waals surface area contributed by atoms with Crippen molar-refractivity contribution >= 4 is 29.0 Å². The van der Waals surface area contributed by atoms with Gasteiger partial charge in [0.05, 0.1) is 0 Å². The van der Waals surface area contributed by atoms with Gasteiger partial charge in [0.1, 0.15) is 11.5 Å². The van der Waals surface area contributed by atoms with Crippen LogP contribution in [0.1, 0.15) is 28.9 Å². The van der Waals surface area contributed by atoms with Crippen LogP contribution in [0.15, 0.2) is 36.4 Å². The van der Waals surface area contributed by atoms with Crippen LogP contribution in [0.3, 0.4) is 0 Å². The smallest absolute Gasteiger partial charge is 0.274 e. The van der Waals surface area contributed by atoms with E-state index in [2.05, 4.69) is 15.6 Å². The summed E-state index contributed by atoms with van der Waals surface area (Å²) in [6.45, 7) is 1.92. The first kappa shape index (κ1) is 13.9. The largest absolute Gasteiger partial charge is 0.367 e. The minimum Gasteiger partial charge on any atom is -0.367 e. The summed E-state index contributed by atoms with van der Waals surface area (Å²) in [5, 5.41) is 6.72. The molecule has 1 saturated carbocycles. The SMILES string of the molecule is Cc1ccc(Cl)cc1NC(=O)c1cccc(NC2CC2)n1. The summed E-state index contributed by atoms with van der Waals surface area (Å²) in [6, 6.07) is 11.3. The molecule has 0 radical (unpaired) electrons. The van der Waals surface area contributed by atoms with Gasteiger partial charge in [-0.05, 0) is 49.6 Å². The Morgan fingerprint density at radius 2 is 2.10 bits per heavy atom. The van der Waals surface area contributed by atoms with Crippen LogP contribution in [0.2, 0.25) is 5.02 Å². The second-order valence-corrected chi connectivity index (χ2v) is 5.68. The maximum atomic E-state index is 12.3. The van der Waals surface area contributed by atoms with Crippen molar-refractivity contribution in [1.29, 1.82) is 0 Å². The standard InChI is InChI=1S/C16H16ClN3O/c1-10-5-6-11(17)9-14(10)20-16(21)13-3-2-4-15(19-13)18-12-7-8-12/h2-6,9,12H,7-8H2,1H3,(H,18,19)(H,20,21). The van der Waals surface area contributed by atoms with Crippen molar-refractivity contribution in [3.8, 4) is 0 Å². The topological polar surface area (TPSA) is 54.0 Å². The van der Waals surface area contributed by atoms with Gasteiger partial charge in [-0.1, -0.05) is 23.7 Å². The lowest BCUT2D eigenvalue weighted by atomic mass is 10.2. The zero-order valence-corrected chi connectivity index (χ0v) is 12.4. The van der Waals surface area contributed by atoms with Crippen molar-refractivity contribution < 1.29 is 4.79 Å². The van der Waals surface area contributed by atoms with Gasteiger partial charge in [0.25, 0.3) is 5.91 Å². The molecular weight excluding hydrogens is 286 g/mol. The molecule has 1 aromatic carbocycles. The Hall–Kier alpha value is -2.07. The lowest BCUT2D eigenvalue weighted by Crippen LogP contribution is -2.15. The van der Waals surface area contributed by atoms with Crippen molar-refractivity contribution in [1.82, 2.24) is 4.98 Å². The highest BCUT2D eigenvalue weighted by Crippen LogP contribution is 2.24. The zero-order valence-electron chi connectivity index (χ0n) is 11.7. The Morgan fingerprint density at radius 1 is 1.29 bits per heavy atom. The number of benzene rings is 1. The van der Waals surface area contributed by atoms with Crippen LogP contribution in [0.25, 0.3) is 0 Å². The summed E-state index contributed by atoms with van der Waals surface area (Å²) in [5.74, 6) is 0.507. The molecule has 21 heavy (non-hydrogen) atoms. The molecule has 0 atom stereocenters. The van der Waals surface area contributed by atoms with Gasteiger partial charge in [-0.25, -0.2) is 4.98 Å². The molecule has 0 bridgehead atoms. The first-order valence-electron chi connectivity index (χ1n) is 6.93. The van der Waals surface area contributed by atoms with Gasteiger partial charge in [-0.3, -0.25) is 4.79 Å². The second-order valence-electron chi connectivity index (χ2n) is 5.24. The van der Waals surface area contributed by atoms with Gasteiger partial charge in [0, 0.05) is 16.8 Å². The highest BCUT2D eigenvalue weighted by molar-refractivity contribution is 6.31. The van der Waals surface area contributed by atoms with E-state index in [1.807, 2.05) is 25.1 Å². The summed E-state index contributed by atoms with van der Waals surface area (Å²) >= 11 is 5.96. The summed E-state index contributed by atoms with van der Waals surface area (Å²) in [5.41, 5.74) is 2.05. The number of amides is 1. The van der Waals surface area contributed by atoms with Crippen LogP contribution in [-0.4, -0.2) is 16.9 Å². The van der Waals surface area contributed by atoms with Crippen LogP contribution in [0.4, 0.5) is 11.5 Å². The van der Waals surface area contributed by atoms with Gasteiger partial charge in [-0.2, -0.15) is 0 Å². The molecule has 1 aliphatic rings. The number of pyridine rings is 1. The second kappa shape index (κ2) is 5.74. The average molecular weight is 302 g/mol. The number of rotatable bonds is 4. The molecule has 5 heteroatoms. The van der Waals surface area contributed by atoms with E-state index in [-0.39, 0.29) is 5.91 Å². The molecule has 0 spiro atoms. The van der Waals surface area contributed by atoms with Crippen LogP contribution in [0, 0.1) is 6.92 Å². The van der Waals surface area contributed by atoms with Gasteiger partial charge in [-0.15, -0.1) is 0 Å². The first-order chi connectivity index (χ1) is 10.1. The Bertz CT molecular complexity index is 683. The van der Waals surface area contributed by atoms with E-state index in [0.29, 0.717) is 22.4 Å². The maximum Gasteiger partial charge on any atom is 0.274 e.